The smallest absolute Gasteiger partial charge is 0.0818 e. The van der Waals surface area contributed by atoms with E-state index >= 15 is 0 Å². The van der Waals surface area contributed by atoms with Gasteiger partial charge < -0.3 is 15.6 Å². The van der Waals surface area contributed by atoms with Crippen LogP contribution in [0.4, 0.5) is 0 Å². The van der Waals surface area contributed by atoms with E-state index in [9.17, 15) is 5.11 Å². The summed E-state index contributed by atoms with van der Waals surface area (Å²) >= 11 is 0. The number of hydrogen-bond acceptors (Lipinski definition) is 5. The first kappa shape index (κ1) is 14.4. The summed E-state index contributed by atoms with van der Waals surface area (Å²) in [6, 6.07) is 4.05. The molecule has 1 aromatic rings. The first-order valence-corrected chi connectivity index (χ1v) is 6.75. The van der Waals surface area contributed by atoms with Crippen molar-refractivity contribution < 1.29 is 9.84 Å². The van der Waals surface area contributed by atoms with Crippen molar-refractivity contribution in [2.75, 3.05) is 33.4 Å². The number of likely N-dealkylation sites (N-methyl/N-ethyl adjacent to an activating group) is 1. The van der Waals surface area contributed by atoms with Crippen molar-refractivity contribution >= 4 is 0 Å². The average Bonchev–Trinajstić information content (AvgIpc) is 2.41. The van der Waals surface area contributed by atoms with Gasteiger partial charge >= 0.3 is 0 Å². The standard InChI is InChI=1S/C14H23N3O2/c1-17(11-14(18)4-8-19-9-5-14)13(10-15)12-2-6-16-7-3-12/h2-3,6-7,13,18H,4-5,8-11,15H2,1H3. The van der Waals surface area contributed by atoms with Crippen LogP contribution in [0.15, 0.2) is 24.5 Å². The molecule has 0 saturated carbocycles. The molecule has 106 valence electrons. The van der Waals surface area contributed by atoms with Gasteiger partial charge in [0, 0.05) is 57.6 Å². The lowest BCUT2D eigenvalue weighted by atomic mass is 9.93. The van der Waals surface area contributed by atoms with Crippen LogP contribution in [0.1, 0.15) is 24.4 Å². The Bertz CT molecular complexity index is 380. The molecule has 2 heterocycles. The highest BCUT2D eigenvalue weighted by Crippen LogP contribution is 2.25. The Kier molecular flexibility index (Phi) is 4.87. The van der Waals surface area contributed by atoms with Gasteiger partial charge in [0.15, 0.2) is 0 Å². The van der Waals surface area contributed by atoms with Crippen molar-refractivity contribution in [3.05, 3.63) is 30.1 Å². The third-order valence-electron chi connectivity index (χ3n) is 3.81. The number of nitrogens with two attached hydrogens (primary N) is 1. The van der Waals surface area contributed by atoms with E-state index in [0.29, 0.717) is 39.1 Å². The highest BCUT2D eigenvalue weighted by atomic mass is 16.5. The van der Waals surface area contributed by atoms with E-state index in [-0.39, 0.29) is 6.04 Å². The molecular weight excluding hydrogens is 242 g/mol. The maximum Gasteiger partial charge on any atom is 0.0818 e. The average molecular weight is 265 g/mol. The molecule has 5 heteroatoms. The van der Waals surface area contributed by atoms with Crippen LogP contribution in [0.3, 0.4) is 0 Å². The zero-order chi connectivity index (χ0) is 13.7. The SMILES string of the molecule is CN(CC1(O)CCOCC1)C(CN)c1ccncc1. The molecule has 1 unspecified atom stereocenters. The fraction of sp³-hybridized carbons (Fsp3) is 0.643. The van der Waals surface area contributed by atoms with Gasteiger partial charge in [-0.2, -0.15) is 0 Å². The highest BCUT2D eigenvalue weighted by Gasteiger charge is 2.32. The van der Waals surface area contributed by atoms with E-state index in [4.69, 9.17) is 10.5 Å². The summed E-state index contributed by atoms with van der Waals surface area (Å²) in [6.45, 7) is 2.40. The molecule has 1 atom stereocenters. The summed E-state index contributed by atoms with van der Waals surface area (Å²) in [5.74, 6) is 0. The molecule has 3 N–H and O–H groups in total. The van der Waals surface area contributed by atoms with Gasteiger partial charge in [-0.25, -0.2) is 0 Å². The van der Waals surface area contributed by atoms with Crippen molar-refractivity contribution in [2.45, 2.75) is 24.5 Å². The normalized spacial score (nSPS) is 20.4. The molecule has 0 bridgehead atoms. The molecule has 2 rings (SSSR count). The van der Waals surface area contributed by atoms with Crippen molar-refractivity contribution in [1.29, 1.82) is 0 Å². The van der Waals surface area contributed by atoms with Gasteiger partial charge in [0.1, 0.15) is 0 Å². The summed E-state index contributed by atoms with van der Waals surface area (Å²) in [6.07, 6.45) is 4.92. The zero-order valence-corrected chi connectivity index (χ0v) is 11.5. The number of aliphatic hydroxyl groups is 1. The molecule has 5 nitrogen and oxygen atoms in total. The Balaban J connectivity index is 2.02. The van der Waals surface area contributed by atoms with Crippen LogP contribution < -0.4 is 5.73 Å². The Morgan fingerprint density at radius 1 is 1.42 bits per heavy atom. The summed E-state index contributed by atoms with van der Waals surface area (Å²) in [4.78, 5) is 6.15. The number of rotatable bonds is 5. The second-order valence-corrected chi connectivity index (χ2v) is 5.28. The van der Waals surface area contributed by atoms with Gasteiger partial charge in [0.05, 0.1) is 5.60 Å². The minimum atomic E-state index is -0.659. The predicted molar refractivity (Wildman–Crippen MR) is 73.7 cm³/mol. The van der Waals surface area contributed by atoms with Crippen LogP contribution in [-0.2, 0) is 4.74 Å². The van der Waals surface area contributed by atoms with Gasteiger partial charge in [-0.15, -0.1) is 0 Å². The second kappa shape index (κ2) is 6.43. The van der Waals surface area contributed by atoms with Gasteiger partial charge in [0.25, 0.3) is 0 Å². The molecule has 1 aromatic heterocycles. The summed E-state index contributed by atoms with van der Waals surface area (Å²) in [5, 5.41) is 10.6. The molecular formula is C14H23N3O2. The molecule has 1 aliphatic rings. The Morgan fingerprint density at radius 2 is 2.05 bits per heavy atom. The highest BCUT2D eigenvalue weighted by molar-refractivity contribution is 5.15. The molecule has 0 radical (unpaired) electrons. The van der Waals surface area contributed by atoms with E-state index in [1.54, 1.807) is 12.4 Å². The fourth-order valence-electron chi connectivity index (χ4n) is 2.64. The first-order chi connectivity index (χ1) is 9.14. The lowest BCUT2D eigenvalue weighted by Gasteiger charge is -2.38. The van der Waals surface area contributed by atoms with Crippen LogP contribution >= 0.6 is 0 Å². The number of hydrogen-bond donors (Lipinski definition) is 2. The first-order valence-electron chi connectivity index (χ1n) is 6.75. The largest absolute Gasteiger partial charge is 0.388 e. The van der Waals surface area contributed by atoms with Crippen LogP contribution in [0.2, 0.25) is 0 Å². The van der Waals surface area contributed by atoms with E-state index < -0.39 is 5.60 Å². The molecule has 0 amide bonds. The van der Waals surface area contributed by atoms with E-state index in [1.165, 1.54) is 0 Å². The minimum Gasteiger partial charge on any atom is -0.388 e. The minimum absolute atomic E-state index is 0.106. The van der Waals surface area contributed by atoms with Crippen LogP contribution in [0.5, 0.6) is 0 Å². The molecule has 1 aliphatic heterocycles. The topological polar surface area (TPSA) is 71.6 Å². The van der Waals surface area contributed by atoms with Crippen molar-refractivity contribution in [3.8, 4) is 0 Å². The van der Waals surface area contributed by atoms with Crippen molar-refractivity contribution in [1.82, 2.24) is 9.88 Å². The number of pyridine rings is 1. The molecule has 19 heavy (non-hydrogen) atoms. The maximum absolute atomic E-state index is 10.6. The number of nitrogens with zero attached hydrogens (tertiary/aromatic N) is 2. The molecule has 1 saturated heterocycles. The number of aromatic nitrogens is 1. The van der Waals surface area contributed by atoms with Crippen molar-refractivity contribution in [3.63, 3.8) is 0 Å². The van der Waals surface area contributed by atoms with E-state index in [0.717, 1.165) is 5.56 Å². The molecule has 0 aromatic carbocycles. The van der Waals surface area contributed by atoms with E-state index in [2.05, 4.69) is 9.88 Å². The number of ether oxygens (including phenoxy) is 1. The molecule has 0 aliphatic carbocycles. The molecule has 0 spiro atoms. The Morgan fingerprint density at radius 3 is 2.63 bits per heavy atom. The van der Waals surface area contributed by atoms with Crippen LogP contribution in [-0.4, -0.2) is 53.9 Å². The second-order valence-electron chi connectivity index (χ2n) is 5.28. The van der Waals surface area contributed by atoms with Gasteiger partial charge in [-0.3, -0.25) is 9.88 Å². The Labute approximate surface area is 114 Å². The zero-order valence-electron chi connectivity index (χ0n) is 11.5. The van der Waals surface area contributed by atoms with Gasteiger partial charge in [-0.05, 0) is 24.7 Å². The maximum atomic E-state index is 10.6. The lowest BCUT2D eigenvalue weighted by molar-refractivity contribution is -0.0812. The van der Waals surface area contributed by atoms with Crippen LogP contribution in [0, 0.1) is 0 Å². The van der Waals surface area contributed by atoms with Gasteiger partial charge in [-0.1, -0.05) is 0 Å². The monoisotopic (exact) mass is 265 g/mol. The Hall–Kier alpha value is -1.01. The third kappa shape index (κ3) is 3.73. The van der Waals surface area contributed by atoms with Crippen molar-refractivity contribution in [2.24, 2.45) is 5.73 Å². The third-order valence-corrected chi connectivity index (χ3v) is 3.81. The van der Waals surface area contributed by atoms with Gasteiger partial charge in [0.2, 0.25) is 0 Å². The van der Waals surface area contributed by atoms with Crippen LogP contribution in [0.25, 0.3) is 0 Å². The summed E-state index contributed by atoms with van der Waals surface area (Å²) < 4.78 is 5.31. The van der Waals surface area contributed by atoms with E-state index in [1.807, 2.05) is 19.2 Å². The quantitative estimate of drug-likeness (QED) is 0.813. The fourth-order valence-corrected chi connectivity index (χ4v) is 2.64. The molecule has 1 fully saturated rings. The summed E-state index contributed by atoms with van der Waals surface area (Å²) in [7, 11) is 2.01. The predicted octanol–water partition coefficient (Wildman–Crippen LogP) is 0.555. The lowest BCUT2D eigenvalue weighted by Crippen LogP contribution is -2.47. The summed E-state index contributed by atoms with van der Waals surface area (Å²) in [5.41, 5.74) is 6.36.